The maximum atomic E-state index is 11.4. The van der Waals surface area contributed by atoms with Gasteiger partial charge in [0.2, 0.25) is 0 Å². The average molecular weight is 228 g/mol. The van der Waals surface area contributed by atoms with E-state index in [9.17, 15) is 4.79 Å². The van der Waals surface area contributed by atoms with E-state index in [4.69, 9.17) is 9.47 Å². The second kappa shape index (κ2) is 8.20. The van der Waals surface area contributed by atoms with Crippen LogP contribution >= 0.6 is 0 Å². The lowest BCUT2D eigenvalue weighted by Gasteiger charge is -2.29. The summed E-state index contributed by atoms with van der Waals surface area (Å²) in [5, 5.41) is 0. The molecular formula is C13H24O3. The molecule has 16 heavy (non-hydrogen) atoms. The minimum Gasteiger partial charge on any atom is -0.434 e. The first-order valence-corrected chi connectivity index (χ1v) is 6.13. The lowest BCUT2D eigenvalue weighted by Crippen LogP contribution is -2.33. The predicted octanol–water partition coefficient (Wildman–Crippen LogP) is 4.07. The molecule has 0 amide bonds. The van der Waals surface area contributed by atoms with E-state index in [-0.39, 0.29) is 0 Å². The molecule has 0 radical (unpaired) electrons. The predicted molar refractivity (Wildman–Crippen MR) is 65.5 cm³/mol. The van der Waals surface area contributed by atoms with E-state index >= 15 is 0 Å². The fourth-order valence-electron chi connectivity index (χ4n) is 1.70. The third-order valence-electron chi connectivity index (χ3n) is 2.43. The summed E-state index contributed by atoms with van der Waals surface area (Å²) in [6, 6.07) is 0. The number of rotatable bonds is 8. The number of ether oxygens (including phenoxy) is 2. The molecule has 0 bridgehead atoms. The molecule has 0 aromatic rings. The summed E-state index contributed by atoms with van der Waals surface area (Å²) < 4.78 is 10.3. The van der Waals surface area contributed by atoms with Crippen LogP contribution in [0.25, 0.3) is 0 Å². The molecule has 0 aliphatic heterocycles. The third kappa shape index (κ3) is 5.19. The van der Waals surface area contributed by atoms with E-state index in [0.717, 1.165) is 32.1 Å². The van der Waals surface area contributed by atoms with Crippen LogP contribution in [0.3, 0.4) is 0 Å². The Morgan fingerprint density at radius 2 is 1.75 bits per heavy atom. The molecule has 0 aliphatic carbocycles. The summed E-state index contributed by atoms with van der Waals surface area (Å²) in [7, 11) is 0. The van der Waals surface area contributed by atoms with E-state index in [1.54, 1.807) is 6.08 Å². The van der Waals surface area contributed by atoms with E-state index in [1.165, 1.54) is 0 Å². The Labute approximate surface area is 98.8 Å². The van der Waals surface area contributed by atoms with Crippen LogP contribution < -0.4 is 0 Å². The van der Waals surface area contributed by atoms with Crippen molar-refractivity contribution in [3.63, 3.8) is 0 Å². The van der Waals surface area contributed by atoms with Gasteiger partial charge in [0.1, 0.15) is 5.60 Å². The molecule has 0 rings (SSSR count). The molecular weight excluding hydrogens is 204 g/mol. The number of hydrogen-bond donors (Lipinski definition) is 0. The fourth-order valence-corrected chi connectivity index (χ4v) is 1.70. The molecule has 0 unspecified atom stereocenters. The Balaban J connectivity index is 4.38. The van der Waals surface area contributed by atoms with Crippen molar-refractivity contribution in [2.24, 2.45) is 0 Å². The highest BCUT2D eigenvalue weighted by Gasteiger charge is 2.29. The van der Waals surface area contributed by atoms with E-state index in [1.807, 2.05) is 6.92 Å². The second-order valence-electron chi connectivity index (χ2n) is 3.97. The topological polar surface area (TPSA) is 35.5 Å². The Hall–Kier alpha value is -0.990. The van der Waals surface area contributed by atoms with Crippen molar-refractivity contribution in [1.82, 2.24) is 0 Å². The zero-order chi connectivity index (χ0) is 12.4. The van der Waals surface area contributed by atoms with Gasteiger partial charge in [-0.05, 0) is 25.3 Å². The number of hydrogen-bond acceptors (Lipinski definition) is 3. The van der Waals surface area contributed by atoms with Crippen LogP contribution in [-0.2, 0) is 9.47 Å². The molecule has 0 spiro atoms. The van der Waals surface area contributed by atoms with Gasteiger partial charge >= 0.3 is 6.16 Å². The van der Waals surface area contributed by atoms with Crippen molar-refractivity contribution < 1.29 is 14.3 Å². The summed E-state index contributed by atoms with van der Waals surface area (Å²) in [6.07, 6.45) is 5.45. The SMILES string of the molecule is C=CC(CCC)(CCC)OC(=O)OCCC. The summed E-state index contributed by atoms with van der Waals surface area (Å²) in [5.74, 6) is 0. The van der Waals surface area contributed by atoms with Crippen LogP contribution in [0.4, 0.5) is 4.79 Å². The molecule has 0 saturated carbocycles. The maximum Gasteiger partial charge on any atom is 0.509 e. The van der Waals surface area contributed by atoms with Gasteiger partial charge in [0.25, 0.3) is 0 Å². The smallest absolute Gasteiger partial charge is 0.434 e. The summed E-state index contributed by atoms with van der Waals surface area (Å²) in [4.78, 5) is 11.4. The third-order valence-corrected chi connectivity index (χ3v) is 2.43. The van der Waals surface area contributed by atoms with Crippen molar-refractivity contribution in [2.45, 2.75) is 58.5 Å². The molecule has 0 fully saturated rings. The van der Waals surface area contributed by atoms with Crippen molar-refractivity contribution in [3.8, 4) is 0 Å². The lowest BCUT2D eigenvalue weighted by atomic mass is 9.93. The monoisotopic (exact) mass is 228 g/mol. The van der Waals surface area contributed by atoms with E-state index < -0.39 is 11.8 Å². The normalized spacial score (nSPS) is 10.9. The molecule has 0 atom stereocenters. The molecule has 0 aliphatic rings. The van der Waals surface area contributed by atoms with Crippen LogP contribution in [0.15, 0.2) is 12.7 Å². The first-order chi connectivity index (χ1) is 7.64. The highest BCUT2D eigenvalue weighted by atomic mass is 16.7. The Morgan fingerprint density at radius 1 is 1.19 bits per heavy atom. The van der Waals surface area contributed by atoms with Crippen LogP contribution in [0, 0.1) is 0 Å². The second-order valence-corrected chi connectivity index (χ2v) is 3.97. The van der Waals surface area contributed by atoms with Crippen LogP contribution in [0.1, 0.15) is 52.9 Å². The molecule has 94 valence electrons. The molecule has 3 nitrogen and oxygen atoms in total. The van der Waals surface area contributed by atoms with Gasteiger partial charge in [-0.15, -0.1) is 0 Å². The molecule has 0 aromatic heterocycles. The van der Waals surface area contributed by atoms with Crippen molar-refractivity contribution in [3.05, 3.63) is 12.7 Å². The first-order valence-electron chi connectivity index (χ1n) is 6.13. The van der Waals surface area contributed by atoms with Gasteiger partial charge in [-0.3, -0.25) is 0 Å². The van der Waals surface area contributed by atoms with Gasteiger partial charge in [0.05, 0.1) is 6.61 Å². The summed E-state index contributed by atoms with van der Waals surface area (Å²) >= 11 is 0. The largest absolute Gasteiger partial charge is 0.509 e. The summed E-state index contributed by atoms with van der Waals surface area (Å²) in [5.41, 5.74) is -0.547. The van der Waals surface area contributed by atoms with Gasteiger partial charge in [-0.25, -0.2) is 4.79 Å². The molecule has 0 heterocycles. The maximum absolute atomic E-state index is 11.4. The number of carbonyl (C=O) groups excluding carboxylic acids is 1. The Morgan fingerprint density at radius 3 is 2.12 bits per heavy atom. The fraction of sp³-hybridized carbons (Fsp3) is 0.769. The standard InChI is InChI=1S/C13H24O3/c1-5-9-13(8-4,10-6-2)16-12(14)15-11-7-3/h8H,4-7,9-11H2,1-3H3. The van der Waals surface area contributed by atoms with Gasteiger partial charge in [-0.2, -0.15) is 0 Å². The molecule has 0 N–H and O–H groups in total. The van der Waals surface area contributed by atoms with Gasteiger partial charge in [0.15, 0.2) is 0 Å². The van der Waals surface area contributed by atoms with Gasteiger partial charge in [-0.1, -0.05) is 40.2 Å². The van der Waals surface area contributed by atoms with Crippen LogP contribution in [-0.4, -0.2) is 18.4 Å². The average Bonchev–Trinajstić information content (AvgIpc) is 2.27. The molecule has 0 aromatic carbocycles. The first kappa shape index (κ1) is 15.0. The summed E-state index contributed by atoms with van der Waals surface area (Å²) in [6.45, 7) is 10.3. The Bertz CT molecular complexity index is 205. The minimum absolute atomic E-state index is 0.407. The van der Waals surface area contributed by atoms with Crippen molar-refractivity contribution in [1.29, 1.82) is 0 Å². The molecule has 0 saturated heterocycles. The number of carbonyl (C=O) groups is 1. The zero-order valence-electron chi connectivity index (χ0n) is 10.8. The van der Waals surface area contributed by atoms with Crippen molar-refractivity contribution in [2.75, 3.05) is 6.61 Å². The molecule has 3 heteroatoms. The quantitative estimate of drug-likeness (QED) is 0.464. The highest BCUT2D eigenvalue weighted by Crippen LogP contribution is 2.26. The highest BCUT2D eigenvalue weighted by molar-refractivity contribution is 5.60. The van der Waals surface area contributed by atoms with Crippen LogP contribution in [0.5, 0.6) is 0 Å². The van der Waals surface area contributed by atoms with E-state index in [2.05, 4.69) is 20.4 Å². The Kier molecular flexibility index (Phi) is 7.69. The van der Waals surface area contributed by atoms with E-state index in [0.29, 0.717) is 6.61 Å². The lowest BCUT2D eigenvalue weighted by molar-refractivity contribution is -0.0190. The van der Waals surface area contributed by atoms with Crippen LogP contribution in [0.2, 0.25) is 0 Å². The van der Waals surface area contributed by atoms with Crippen molar-refractivity contribution >= 4 is 6.16 Å². The zero-order valence-corrected chi connectivity index (χ0v) is 10.8. The van der Waals surface area contributed by atoms with Gasteiger partial charge < -0.3 is 9.47 Å². The van der Waals surface area contributed by atoms with Gasteiger partial charge in [0, 0.05) is 0 Å². The minimum atomic E-state index is -0.580.